The Balaban J connectivity index is 1.59. The van der Waals surface area contributed by atoms with Crippen molar-refractivity contribution in [1.29, 1.82) is 0 Å². The highest BCUT2D eigenvalue weighted by atomic mass is 32.2. The van der Waals surface area contributed by atoms with Crippen LogP contribution >= 0.6 is 11.3 Å². The van der Waals surface area contributed by atoms with Gasteiger partial charge in [-0.3, -0.25) is 0 Å². The van der Waals surface area contributed by atoms with E-state index in [1.165, 1.54) is 24.2 Å². The molecule has 114 valence electrons. The quantitative estimate of drug-likeness (QED) is 0.681. The molecule has 0 bridgehead atoms. The summed E-state index contributed by atoms with van der Waals surface area (Å²) >= 11 is 1.48. The average Bonchev–Trinajstić information content (AvgIpc) is 2.93. The zero-order chi connectivity index (χ0) is 14.7. The molecule has 0 aromatic carbocycles. The number of thiophene rings is 1. The van der Waals surface area contributed by atoms with Crippen molar-refractivity contribution < 1.29 is 8.42 Å². The second kappa shape index (κ2) is 6.27. The van der Waals surface area contributed by atoms with Gasteiger partial charge in [0.25, 0.3) is 0 Å². The van der Waals surface area contributed by atoms with Crippen molar-refractivity contribution >= 4 is 21.4 Å². The molecule has 0 aliphatic heterocycles. The zero-order valence-corrected chi connectivity index (χ0v) is 13.1. The first-order valence-electron chi connectivity index (χ1n) is 6.92. The molecule has 0 unspecified atom stereocenters. The first-order valence-corrected chi connectivity index (χ1v) is 9.28. The number of aromatic amines is 1. The Labute approximate surface area is 128 Å². The Bertz CT molecular complexity index is 675. The van der Waals surface area contributed by atoms with Gasteiger partial charge in [-0.05, 0) is 24.3 Å². The number of hydrogen-bond acceptors (Lipinski definition) is 5. The summed E-state index contributed by atoms with van der Waals surface area (Å²) in [5.41, 5.74) is 0.915. The molecule has 1 aliphatic carbocycles. The molecule has 3 rings (SSSR count). The van der Waals surface area contributed by atoms with Crippen molar-refractivity contribution in [1.82, 2.24) is 20.0 Å². The van der Waals surface area contributed by atoms with E-state index in [1.807, 2.05) is 5.38 Å². The highest BCUT2D eigenvalue weighted by Crippen LogP contribution is 2.24. The summed E-state index contributed by atoms with van der Waals surface area (Å²) < 4.78 is 27.3. The second-order valence-corrected chi connectivity index (χ2v) is 7.82. The smallest absolute Gasteiger partial charge is 0.241 e. The van der Waals surface area contributed by atoms with Crippen LogP contribution in [0.1, 0.15) is 23.4 Å². The molecule has 2 aromatic rings. The molecule has 0 amide bonds. The maximum absolute atomic E-state index is 12.3. The van der Waals surface area contributed by atoms with Gasteiger partial charge < -0.3 is 10.3 Å². The molecule has 0 saturated heterocycles. The summed E-state index contributed by atoms with van der Waals surface area (Å²) in [7, 11) is -3.44. The van der Waals surface area contributed by atoms with Gasteiger partial charge in [0.05, 0.1) is 11.2 Å². The zero-order valence-electron chi connectivity index (χ0n) is 11.5. The van der Waals surface area contributed by atoms with Gasteiger partial charge in [0.2, 0.25) is 10.0 Å². The van der Waals surface area contributed by atoms with Crippen LogP contribution in [0.15, 0.2) is 28.9 Å². The molecule has 1 aliphatic rings. The molecule has 0 atom stereocenters. The van der Waals surface area contributed by atoms with E-state index in [9.17, 15) is 8.42 Å². The van der Waals surface area contributed by atoms with Gasteiger partial charge in [0.1, 0.15) is 0 Å². The number of nitrogens with zero attached hydrogens (tertiary/aromatic N) is 1. The van der Waals surface area contributed by atoms with Crippen molar-refractivity contribution in [2.24, 2.45) is 0 Å². The maximum atomic E-state index is 12.3. The van der Waals surface area contributed by atoms with E-state index in [1.54, 1.807) is 18.6 Å². The summed E-state index contributed by atoms with van der Waals surface area (Å²) in [6.07, 6.45) is 6.26. The standard InChI is InChI=1S/C13H18N4O2S2/c18-21(19,17-5-3-11-7-14-9-16-11)13-4-6-20-12(13)8-15-10-1-2-10/h4,6-7,9-10,15,17H,1-3,5,8H2,(H,14,16). The van der Waals surface area contributed by atoms with Gasteiger partial charge in [-0.25, -0.2) is 18.1 Å². The second-order valence-electron chi connectivity index (χ2n) is 5.09. The van der Waals surface area contributed by atoms with Gasteiger partial charge in [0.15, 0.2) is 0 Å². The SMILES string of the molecule is O=S(=O)(NCCc1cnc[nH]1)c1ccsc1CNC1CC1. The van der Waals surface area contributed by atoms with Crippen molar-refractivity contribution in [2.45, 2.75) is 36.7 Å². The largest absolute Gasteiger partial charge is 0.348 e. The fourth-order valence-corrected chi connectivity index (χ4v) is 4.47. The summed E-state index contributed by atoms with van der Waals surface area (Å²) in [5.74, 6) is 0. The summed E-state index contributed by atoms with van der Waals surface area (Å²) in [4.78, 5) is 8.13. The first kappa shape index (κ1) is 14.7. The molecule has 1 saturated carbocycles. The minimum Gasteiger partial charge on any atom is -0.348 e. The van der Waals surface area contributed by atoms with E-state index in [4.69, 9.17) is 0 Å². The molecular formula is C13H18N4O2S2. The Hall–Kier alpha value is -1.22. The van der Waals surface area contributed by atoms with E-state index in [0.717, 1.165) is 10.6 Å². The number of nitrogens with one attached hydrogen (secondary N) is 3. The number of aromatic nitrogens is 2. The molecule has 8 heteroatoms. The Morgan fingerprint density at radius 2 is 2.29 bits per heavy atom. The lowest BCUT2D eigenvalue weighted by Gasteiger charge is -2.08. The maximum Gasteiger partial charge on any atom is 0.241 e. The number of imidazole rings is 1. The van der Waals surface area contributed by atoms with Crippen molar-refractivity contribution in [2.75, 3.05) is 6.54 Å². The highest BCUT2D eigenvalue weighted by Gasteiger charge is 2.23. The van der Waals surface area contributed by atoms with E-state index in [2.05, 4.69) is 20.0 Å². The predicted molar refractivity (Wildman–Crippen MR) is 81.7 cm³/mol. The van der Waals surface area contributed by atoms with Gasteiger partial charge in [-0.1, -0.05) is 0 Å². The van der Waals surface area contributed by atoms with Gasteiger partial charge >= 0.3 is 0 Å². The molecule has 0 radical (unpaired) electrons. The van der Waals surface area contributed by atoms with Crippen molar-refractivity contribution in [3.63, 3.8) is 0 Å². The normalized spacial score (nSPS) is 15.4. The highest BCUT2D eigenvalue weighted by molar-refractivity contribution is 7.89. The topological polar surface area (TPSA) is 86.9 Å². The van der Waals surface area contributed by atoms with Crippen LogP contribution in [0.4, 0.5) is 0 Å². The van der Waals surface area contributed by atoms with E-state index in [-0.39, 0.29) is 0 Å². The van der Waals surface area contributed by atoms with Crippen LogP contribution in [0.5, 0.6) is 0 Å². The number of H-pyrrole nitrogens is 1. The molecule has 2 aromatic heterocycles. The third-order valence-corrected chi connectivity index (χ3v) is 5.96. The summed E-state index contributed by atoms with van der Waals surface area (Å²) in [5, 5.41) is 5.18. The van der Waals surface area contributed by atoms with E-state index >= 15 is 0 Å². The van der Waals surface area contributed by atoms with Gasteiger partial charge in [-0.2, -0.15) is 0 Å². The summed E-state index contributed by atoms with van der Waals surface area (Å²) in [6.45, 7) is 0.981. The number of hydrogen-bond donors (Lipinski definition) is 3. The molecule has 6 nitrogen and oxygen atoms in total. The monoisotopic (exact) mass is 326 g/mol. The van der Waals surface area contributed by atoms with Crippen LogP contribution in [-0.2, 0) is 23.0 Å². The number of sulfonamides is 1. The minimum atomic E-state index is -3.44. The predicted octanol–water partition coefficient (Wildman–Crippen LogP) is 1.24. The lowest BCUT2D eigenvalue weighted by Crippen LogP contribution is -2.27. The van der Waals surface area contributed by atoms with Gasteiger partial charge in [0, 0.05) is 42.3 Å². The van der Waals surface area contributed by atoms with Crippen molar-refractivity contribution in [3.05, 3.63) is 34.5 Å². The van der Waals surface area contributed by atoms with Crippen LogP contribution in [0.25, 0.3) is 0 Å². The van der Waals surface area contributed by atoms with E-state index < -0.39 is 10.0 Å². The lowest BCUT2D eigenvalue weighted by atomic mass is 10.3. The van der Waals surface area contributed by atoms with Crippen LogP contribution < -0.4 is 10.0 Å². The summed E-state index contributed by atoms with van der Waals surface area (Å²) in [6, 6.07) is 2.24. The van der Waals surface area contributed by atoms with Gasteiger partial charge in [-0.15, -0.1) is 11.3 Å². The molecule has 3 N–H and O–H groups in total. The Kier molecular flexibility index (Phi) is 4.39. The van der Waals surface area contributed by atoms with E-state index in [0.29, 0.717) is 30.4 Å². The van der Waals surface area contributed by atoms with Crippen LogP contribution in [0, 0.1) is 0 Å². The lowest BCUT2D eigenvalue weighted by molar-refractivity contribution is 0.579. The molecule has 21 heavy (non-hydrogen) atoms. The Morgan fingerprint density at radius 3 is 3.00 bits per heavy atom. The first-order chi connectivity index (χ1) is 10.1. The fraction of sp³-hybridized carbons (Fsp3) is 0.462. The van der Waals surface area contributed by atoms with Crippen LogP contribution in [-0.4, -0.2) is 31.0 Å². The molecular weight excluding hydrogens is 308 g/mol. The molecule has 0 spiro atoms. The third-order valence-electron chi connectivity index (χ3n) is 3.36. The molecule has 1 fully saturated rings. The average molecular weight is 326 g/mol. The fourth-order valence-electron chi connectivity index (χ4n) is 2.04. The minimum absolute atomic E-state index is 0.357. The third kappa shape index (κ3) is 3.91. The van der Waals surface area contributed by atoms with Crippen LogP contribution in [0.3, 0.4) is 0 Å². The van der Waals surface area contributed by atoms with Crippen LogP contribution in [0.2, 0.25) is 0 Å². The number of rotatable bonds is 8. The van der Waals surface area contributed by atoms with Crippen molar-refractivity contribution in [3.8, 4) is 0 Å². The Morgan fingerprint density at radius 1 is 1.43 bits per heavy atom. The molecule has 2 heterocycles.